The first-order valence-electron chi connectivity index (χ1n) is 8.31. The van der Waals surface area contributed by atoms with Gasteiger partial charge in [0.2, 0.25) is 0 Å². The summed E-state index contributed by atoms with van der Waals surface area (Å²) in [4.78, 5) is 2.55. The van der Waals surface area contributed by atoms with Crippen molar-refractivity contribution >= 4 is 10.0 Å². The number of hydrogen-bond donors (Lipinski definition) is 1. The van der Waals surface area contributed by atoms with Crippen molar-refractivity contribution in [3.63, 3.8) is 0 Å². The molecule has 1 aromatic rings. The Kier molecular flexibility index (Phi) is 4.84. The van der Waals surface area contributed by atoms with Crippen LogP contribution in [0.3, 0.4) is 0 Å². The molecule has 0 bridgehead atoms. The Morgan fingerprint density at radius 3 is 2.68 bits per heavy atom. The molecule has 1 N–H and O–H groups in total. The standard InChI is InChI=1S/C15H26N4O2S/c1-18-15(9-10-16-18)22(20,21)17-12-14-8-5-11-19(14)13-6-3-2-4-7-13/h9-10,13-14,17H,2-8,11-12H2,1H3. The highest BCUT2D eigenvalue weighted by Gasteiger charge is 2.32. The van der Waals surface area contributed by atoms with Crippen LogP contribution in [0, 0.1) is 0 Å². The van der Waals surface area contributed by atoms with Crippen molar-refractivity contribution in [2.45, 2.75) is 62.1 Å². The van der Waals surface area contributed by atoms with Gasteiger partial charge < -0.3 is 0 Å². The first-order valence-corrected chi connectivity index (χ1v) is 9.79. The second-order valence-electron chi connectivity index (χ2n) is 6.47. The van der Waals surface area contributed by atoms with E-state index in [9.17, 15) is 8.42 Å². The number of nitrogens with zero attached hydrogens (tertiary/aromatic N) is 3. The Bertz CT molecular complexity index is 592. The predicted molar refractivity (Wildman–Crippen MR) is 85.0 cm³/mol. The Morgan fingerprint density at radius 1 is 1.23 bits per heavy atom. The highest BCUT2D eigenvalue weighted by molar-refractivity contribution is 7.89. The van der Waals surface area contributed by atoms with E-state index in [0.29, 0.717) is 18.6 Å². The Balaban J connectivity index is 1.61. The van der Waals surface area contributed by atoms with Crippen LogP contribution in [0.15, 0.2) is 17.3 Å². The van der Waals surface area contributed by atoms with Gasteiger partial charge in [0.15, 0.2) is 5.03 Å². The van der Waals surface area contributed by atoms with Gasteiger partial charge in [-0.15, -0.1) is 0 Å². The molecule has 1 aliphatic carbocycles. The number of nitrogens with one attached hydrogen (secondary N) is 1. The molecule has 2 aliphatic rings. The van der Waals surface area contributed by atoms with Crippen molar-refractivity contribution in [1.29, 1.82) is 0 Å². The fraction of sp³-hybridized carbons (Fsp3) is 0.800. The lowest BCUT2D eigenvalue weighted by Crippen LogP contribution is -2.46. The zero-order valence-electron chi connectivity index (χ0n) is 13.2. The Labute approximate surface area is 132 Å². The molecule has 22 heavy (non-hydrogen) atoms. The van der Waals surface area contributed by atoms with E-state index in [1.165, 1.54) is 55.5 Å². The molecule has 3 rings (SSSR count). The minimum absolute atomic E-state index is 0.231. The van der Waals surface area contributed by atoms with Gasteiger partial charge in [-0.3, -0.25) is 9.58 Å². The van der Waals surface area contributed by atoms with Crippen LogP contribution in [-0.2, 0) is 17.1 Å². The van der Waals surface area contributed by atoms with E-state index in [0.717, 1.165) is 13.0 Å². The predicted octanol–water partition coefficient (Wildman–Crippen LogP) is 1.50. The highest BCUT2D eigenvalue weighted by Crippen LogP contribution is 2.29. The van der Waals surface area contributed by atoms with Crippen molar-refractivity contribution in [2.24, 2.45) is 7.05 Å². The number of hydrogen-bond acceptors (Lipinski definition) is 4. The molecule has 0 amide bonds. The molecule has 124 valence electrons. The van der Waals surface area contributed by atoms with Crippen LogP contribution in [0.2, 0.25) is 0 Å². The number of likely N-dealkylation sites (tertiary alicyclic amines) is 1. The maximum absolute atomic E-state index is 12.4. The summed E-state index contributed by atoms with van der Waals surface area (Å²) in [7, 11) is -1.81. The van der Waals surface area contributed by atoms with E-state index in [4.69, 9.17) is 0 Å². The minimum Gasteiger partial charge on any atom is -0.296 e. The van der Waals surface area contributed by atoms with Gasteiger partial charge in [-0.05, 0) is 38.3 Å². The second-order valence-corrected chi connectivity index (χ2v) is 8.18. The van der Waals surface area contributed by atoms with Crippen molar-refractivity contribution in [1.82, 2.24) is 19.4 Å². The summed E-state index contributed by atoms with van der Waals surface area (Å²) in [6.07, 6.45) is 10.3. The molecule has 7 heteroatoms. The summed E-state index contributed by atoms with van der Waals surface area (Å²) in [6.45, 7) is 1.62. The van der Waals surface area contributed by atoms with Crippen molar-refractivity contribution in [2.75, 3.05) is 13.1 Å². The fourth-order valence-electron chi connectivity index (χ4n) is 3.88. The van der Waals surface area contributed by atoms with Crippen LogP contribution in [0.5, 0.6) is 0 Å². The van der Waals surface area contributed by atoms with Crippen LogP contribution in [-0.4, -0.2) is 48.3 Å². The van der Waals surface area contributed by atoms with Gasteiger partial charge in [0.1, 0.15) is 0 Å². The molecule has 2 heterocycles. The van der Waals surface area contributed by atoms with Gasteiger partial charge in [-0.1, -0.05) is 19.3 Å². The molecule has 1 aromatic heterocycles. The van der Waals surface area contributed by atoms with Crippen LogP contribution >= 0.6 is 0 Å². The van der Waals surface area contributed by atoms with Crippen LogP contribution < -0.4 is 4.72 Å². The lowest BCUT2D eigenvalue weighted by atomic mass is 9.94. The average molecular weight is 326 g/mol. The monoisotopic (exact) mass is 326 g/mol. The minimum atomic E-state index is -3.47. The zero-order valence-corrected chi connectivity index (χ0v) is 14.1. The average Bonchev–Trinajstić information content (AvgIpc) is 3.15. The summed E-state index contributed by atoms with van der Waals surface area (Å²) in [5.74, 6) is 0. The fourth-order valence-corrected chi connectivity index (χ4v) is 5.07. The maximum atomic E-state index is 12.4. The maximum Gasteiger partial charge on any atom is 0.257 e. The molecule has 1 aliphatic heterocycles. The van der Waals surface area contributed by atoms with Gasteiger partial charge >= 0.3 is 0 Å². The van der Waals surface area contributed by atoms with E-state index < -0.39 is 10.0 Å². The van der Waals surface area contributed by atoms with E-state index >= 15 is 0 Å². The van der Waals surface area contributed by atoms with Gasteiger partial charge in [0.25, 0.3) is 10.0 Å². The quantitative estimate of drug-likeness (QED) is 0.890. The molecule has 0 aromatic carbocycles. The van der Waals surface area contributed by atoms with Crippen molar-refractivity contribution in [3.05, 3.63) is 12.3 Å². The van der Waals surface area contributed by atoms with E-state index in [-0.39, 0.29) is 5.03 Å². The molecule has 0 spiro atoms. The number of rotatable bonds is 5. The van der Waals surface area contributed by atoms with Crippen molar-refractivity contribution in [3.8, 4) is 0 Å². The van der Waals surface area contributed by atoms with Gasteiger partial charge in [0, 0.05) is 25.7 Å². The van der Waals surface area contributed by atoms with Gasteiger partial charge in [0.05, 0.1) is 6.20 Å². The molecule has 1 saturated carbocycles. The van der Waals surface area contributed by atoms with E-state index in [2.05, 4.69) is 14.7 Å². The highest BCUT2D eigenvalue weighted by atomic mass is 32.2. The van der Waals surface area contributed by atoms with Crippen LogP contribution in [0.1, 0.15) is 44.9 Å². The lowest BCUT2D eigenvalue weighted by Gasteiger charge is -2.35. The Morgan fingerprint density at radius 2 is 2.00 bits per heavy atom. The number of aryl methyl sites for hydroxylation is 1. The summed E-state index contributed by atoms with van der Waals surface area (Å²) < 4.78 is 28.9. The molecule has 2 fully saturated rings. The molecule has 0 radical (unpaired) electrons. The first-order chi connectivity index (χ1) is 10.6. The molecule has 1 atom stereocenters. The topological polar surface area (TPSA) is 67.2 Å². The van der Waals surface area contributed by atoms with Crippen LogP contribution in [0.25, 0.3) is 0 Å². The summed E-state index contributed by atoms with van der Waals surface area (Å²) in [5.41, 5.74) is 0. The second kappa shape index (κ2) is 6.68. The summed E-state index contributed by atoms with van der Waals surface area (Å²) >= 11 is 0. The third kappa shape index (κ3) is 3.36. The largest absolute Gasteiger partial charge is 0.296 e. The smallest absolute Gasteiger partial charge is 0.257 e. The van der Waals surface area contributed by atoms with Crippen molar-refractivity contribution < 1.29 is 8.42 Å². The van der Waals surface area contributed by atoms with Crippen LogP contribution in [0.4, 0.5) is 0 Å². The number of sulfonamides is 1. The van der Waals surface area contributed by atoms with E-state index in [1.54, 1.807) is 7.05 Å². The lowest BCUT2D eigenvalue weighted by molar-refractivity contribution is 0.143. The third-order valence-electron chi connectivity index (χ3n) is 5.03. The molecule has 1 unspecified atom stereocenters. The number of aromatic nitrogens is 2. The first kappa shape index (κ1) is 16.0. The summed E-state index contributed by atoms with van der Waals surface area (Å²) in [5, 5.41) is 4.17. The van der Waals surface area contributed by atoms with Gasteiger partial charge in [-0.25, -0.2) is 13.1 Å². The van der Waals surface area contributed by atoms with E-state index in [1.807, 2.05) is 0 Å². The molecular weight excluding hydrogens is 300 g/mol. The van der Waals surface area contributed by atoms with Gasteiger partial charge in [-0.2, -0.15) is 5.10 Å². The zero-order chi connectivity index (χ0) is 15.6. The molecule has 1 saturated heterocycles. The SMILES string of the molecule is Cn1nccc1S(=O)(=O)NCC1CCCN1C1CCCCC1. The normalized spacial score (nSPS) is 24.9. The third-order valence-corrected chi connectivity index (χ3v) is 6.52. The summed E-state index contributed by atoms with van der Waals surface area (Å²) in [6, 6.07) is 2.53. The Hall–Kier alpha value is -0.920. The molecular formula is C15H26N4O2S. The molecule has 6 nitrogen and oxygen atoms in total.